The highest BCUT2D eigenvalue weighted by atomic mass is 19.4. The number of rotatable bonds is 4. The molecule has 0 bridgehead atoms. The molecule has 1 aliphatic heterocycles. The Kier molecular flexibility index (Phi) is 5.27. The van der Waals surface area contributed by atoms with E-state index in [4.69, 9.17) is 0 Å². The van der Waals surface area contributed by atoms with Crippen molar-refractivity contribution < 1.29 is 18.0 Å². The summed E-state index contributed by atoms with van der Waals surface area (Å²) < 4.78 is 39.9. The van der Waals surface area contributed by atoms with Crippen LogP contribution < -0.4 is 10.9 Å². The van der Waals surface area contributed by atoms with Gasteiger partial charge in [-0.25, -0.2) is 9.97 Å². The van der Waals surface area contributed by atoms with E-state index in [1.165, 1.54) is 0 Å². The van der Waals surface area contributed by atoms with E-state index < -0.39 is 17.3 Å². The van der Waals surface area contributed by atoms with Gasteiger partial charge in [0.2, 0.25) is 0 Å². The Morgan fingerprint density at radius 3 is 2.56 bits per heavy atom. The molecule has 1 amide bonds. The van der Waals surface area contributed by atoms with Crippen LogP contribution in [0.25, 0.3) is 22.8 Å². The van der Waals surface area contributed by atoms with Crippen LogP contribution in [0.5, 0.6) is 0 Å². The van der Waals surface area contributed by atoms with Crippen LogP contribution in [-0.2, 0) is 19.1 Å². The molecule has 0 spiro atoms. The SMILES string of the molecule is O=C1NCCc2[nH]c(-c3ccnc(-c4ccc(Cn5cc(C(F)(F)F)ccc5=O)cc4)n3)cc21. The molecule has 3 aromatic heterocycles. The number of carbonyl (C=O) groups is 1. The smallest absolute Gasteiger partial charge is 0.356 e. The van der Waals surface area contributed by atoms with Gasteiger partial charge in [0.1, 0.15) is 0 Å². The number of nitrogens with zero attached hydrogens (tertiary/aromatic N) is 3. The van der Waals surface area contributed by atoms with Gasteiger partial charge in [0.05, 0.1) is 29.1 Å². The Morgan fingerprint density at radius 2 is 1.82 bits per heavy atom. The number of aromatic nitrogens is 4. The molecule has 10 heteroatoms. The highest BCUT2D eigenvalue weighted by molar-refractivity contribution is 5.97. The topological polar surface area (TPSA) is 92.7 Å². The fraction of sp³-hybridized carbons (Fsp3) is 0.167. The van der Waals surface area contributed by atoms with Crippen molar-refractivity contribution >= 4 is 5.91 Å². The molecule has 0 aliphatic carbocycles. The Labute approximate surface area is 191 Å². The molecular weight excluding hydrogens is 447 g/mol. The molecule has 4 heterocycles. The Hall–Kier alpha value is -4.21. The second-order valence-corrected chi connectivity index (χ2v) is 7.93. The van der Waals surface area contributed by atoms with Crippen molar-refractivity contribution in [3.63, 3.8) is 0 Å². The fourth-order valence-electron chi connectivity index (χ4n) is 3.86. The summed E-state index contributed by atoms with van der Waals surface area (Å²) in [4.78, 5) is 36.2. The van der Waals surface area contributed by atoms with Crippen LogP contribution in [0.2, 0.25) is 0 Å². The average molecular weight is 465 g/mol. The molecule has 1 aliphatic rings. The molecule has 5 rings (SSSR count). The standard InChI is InChI=1S/C24H18F3N5O2/c25-24(26,27)16-5-6-21(33)32(13-16)12-14-1-3-15(4-2-14)22-28-9-8-19(31-22)20-11-17-18(30-20)7-10-29-23(17)34/h1-6,8-9,11,13,30H,7,10,12H2,(H,29,34). The van der Waals surface area contributed by atoms with E-state index in [0.29, 0.717) is 40.4 Å². The lowest BCUT2D eigenvalue weighted by molar-refractivity contribution is -0.138. The van der Waals surface area contributed by atoms with E-state index in [1.54, 1.807) is 42.6 Å². The quantitative estimate of drug-likeness (QED) is 0.481. The number of benzene rings is 1. The molecule has 0 atom stereocenters. The first kappa shape index (κ1) is 21.6. The molecule has 34 heavy (non-hydrogen) atoms. The first-order valence-corrected chi connectivity index (χ1v) is 10.5. The first-order chi connectivity index (χ1) is 16.3. The van der Waals surface area contributed by atoms with Gasteiger partial charge in [-0.3, -0.25) is 9.59 Å². The van der Waals surface area contributed by atoms with Crippen LogP contribution in [-0.4, -0.2) is 32.0 Å². The minimum atomic E-state index is -4.52. The highest BCUT2D eigenvalue weighted by Gasteiger charge is 2.31. The number of aromatic amines is 1. The van der Waals surface area contributed by atoms with Crippen molar-refractivity contribution in [1.29, 1.82) is 0 Å². The Balaban J connectivity index is 1.39. The van der Waals surface area contributed by atoms with Gasteiger partial charge in [-0.05, 0) is 23.8 Å². The van der Waals surface area contributed by atoms with E-state index in [2.05, 4.69) is 20.3 Å². The van der Waals surface area contributed by atoms with Crippen LogP contribution >= 0.6 is 0 Å². The van der Waals surface area contributed by atoms with Gasteiger partial charge in [0, 0.05) is 42.7 Å². The largest absolute Gasteiger partial charge is 0.417 e. The zero-order valence-corrected chi connectivity index (χ0v) is 17.7. The lowest BCUT2D eigenvalue weighted by Gasteiger charge is -2.11. The summed E-state index contributed by atoms with van der Waals surface area (Å²) in [6.45, 7) is 0.583. The molecule has 4 aromatic rings. The highest BCUT2D eigenvalue weighted by Crippen LogP contribution is 2.28. The van der Waals surface area contributed by atoms with E-state index in [9.17, 15) is 22.8 Å². The minimum Gasteiger partial charge on any atom is -0.356 e. The molecule has 0 fully saturated rings. The second-order valence-electron chi connectivity index (χ2n) is 7.93. The fourth-order valence-corrected chi connectivity index (χ4v) is 3.86. The van der Waals surface area contributed by atoms with Crippen LogP contribution in [0.15, 0.2) is 65.7 Å². The molecular formula is C24H18F3N5O2. The van der Waals surface area contributed by atoms with Crippen molar-refractivity contribution in [2.24, 2.45) is 0 Å². The van der Waals surface area contributed by atoms with Crippen molar-refractivity contribution in [3.05, 3.63) is 93.7 Å². The number of hydrogen-bond acceptors (Lipinski definition) is 4. The molecule has 1 aromatic carbocycles. The third-order valence-corrected chi connectivity index (χ3v) is 5.61. The predicted octanol–water partition coefficient (Wildman–Crippen LogP) is 3.65. The van der Waals surface area contributed by atoms with Gasteiger partial charge in [0.15, 0.2) is 5.82 Å². The van der Waals surface area contributed by atoms with E-state index in [1.807, 2.05) is 0 Å². The monoisotopic (exact) mass is 465 g/mol. The molecule has 2 N–H and O–H groups in total. The summed E-state index contributed by atoms with van der Waals surface area (Å²) in [5.41, 5.74) is 2.79. The second kappa shape index (κ2) is 8.29. The van der Waals surface area contributed by atoms with Crippen LogP contribution in [0.3, 0.4) is 0 Å². The number of carbonyl (C=O) groups excluding carboxylic acids is 1. The minimum absolute atomic E-state index is 0.0000231. The van der Waals surface area contributed by atoms with Gasteiger partial charge in [-0.15, -0.1) is 0 Å². The number of nitrogens with one attached hydrogen (secondary N) is 2. The Morgan fingerprint density at radius 1 is 1.03 bits per heavy atom. The van der Waals surface area contributed by atoms with Crippen LogP contribution in [0.4, 0.5) is 13.2 Å². The third-order valence-electron chi connectivity index (χ3n) is 5.61. The number of alkyl halides is 3. The maximum absolute atomic E-state index is 13.0. The van der Waals surface area contributed by atoms with Crippen LogP contribution in [0.1, 0.15) is 27.2 Å². The first-order valence-electron chi connectivity index (χ1n) is 10.5. The number of fused-ring (bicyclic) bond motifs is 1. The van der Waals surface area contributed by atoms with Gasteiger partial charge in [-0.2, -0.15) is 13.2 Å². The summed E-state index contributed by atoms with van der Waals surface area (Å²) >= 11 is 0. The average Bonchev–Trinajstić information content (AvgIpc) is 3.26. The van der Waals surface area contributed by atoms with Gasteiger partial charge >= 0.3 is 6.18 Å². The lowest BCUT2D eigenvalue weighted by atomic mass is 10.1. The van der Waals surface area contributed by atoms with Crippen LogP contribution in [0, 0.1) is 0 Å². The molecule has 0 unspecified atom stereocenters. The summed E-state index contributed by atoms with van der Waals surface area (Å²) in [5.74, 6) is 0.339. The number of H-pyrrole nitrogens is 1. The molecule has 172 valence electrons. The number of hydrogen-bond donors (Lipinski definition) is 2. The summed E-state index contributed by atoms with van der Waals surface area (Å²) in [6, 6.07) is 12.1. The van der Waals surface area contributed by atoms with E-state index in [-0.39, 0.29) is 12.5 Å². The maximum Gasteiger partial charge on any atom is 0.417 e. The van der Waals surface area contributed by atoms with Crippen molar-refractivity contribution in [2.75, 3.05) is 6.54 Å². The van der Waals surface area contributed by atoms with Gasteiger partial charge in [-0.1, -0.05) is 24.3 Å². The van der Waals surface area contributed by atoms with E-state index >= 15 is 0 Å². The number of amides is 1. The third kappa shape index (κ3) is 4.21. The normalized spacial score (nSPS) is 13.4. The number of halogens is 3. The molecule has 0 radical (unpaired) electrons. The molecule has 0 saturated heterocycles. The van der Waals surface area contributed by atoms with Crippen molar-refractivity contribution in [3.8, 4) is 22.8 Å². The molecule has 0 saturated carbocycles. The number of pyridine rings is 1. The Bertz CT molecular complexity index is 1440. The van der Waals surface area contributed by atoms with E-state index in [0.717, 1.165) is 35.0 Å². The summed E-state index contributed by atoms with van der Waals surface area (Å²) in [6.07, 6.45) is -1.37. The zero-order chi connectivity index (χ0) is 23.9. The maximum atomic E-state index is 13.0. The van der Waals surface area contributed by atoms with Crippen molar-refractivity contribution in [1.82, 2.24) is 24.8 Å². The summed E-state index contributed by atoms with van der Waals surface area (Å²) in [7, 11) is 0. The zero-order valence-electron chi connectivity index (χ0n) is 17.7. The molecule has 7 nitrogen and oxygen atoms in total. The summed E-state index contributed by atoms with van der Waals surface area (Å²) in [5, 5.41) is 2.81. The van der Waals surface area contributed by atoms with Gasteiger partial charge < -0.3 is 14.9 Å². The van der Waals surface area contributed by atoms with Crippen molar-refractivity contribution in [2.45, 2.75) is 19.1 Å². The lowest BCUT2D eigenvalue weighted by Crippen LogP contribution is -2.31. The predicted molar refractivity (Wildman–Crippen MR) is 118 cm³/mol. The van der Waals surface area contributed by atoms with Gasteiger partial charge in [0.25, 0.3) is 11.5 Å².